The van der Waals surface area contributed by atoms with Crippen molar-refractivity contribution in [1.29, 1.82) is 0 Å². The molecular formula is C24H26N2O3. The van der Waals surface area contributed by atoms with Gasteiger partial charge in [-0.3, -0.25) is 14.5 Å². The van der Waals surface area contributed by atoms with Crippen molar-refractivity contribution in [3.8, 4) is 5.75 Å². The molecule has 1 heterocycles. The molecule has 4 rings (SSSR count). The average Bonchev–Trinajstić information content (AvgIpc) is 3.25. The van der Waals surface area contributed by atoms with E-state index in [9.17, 15) is 9.59 Å². The highest BCUT2D eigenvalue weighted by Crippen LogP contribution is 2.40. The fourth-order valence-corrected chi connectivity index (χ4v) is 4.20. The Bertz CT molecular complexity index is 901. The summed E-state index contributed by atoms with van der Waals surface area (Å²) in [4.78, 5) is 27.6. The van der Waals surface area contributed by atoms with Gasteiger partial charge in [0.1, 0.15) is 5.75 Å². The highest BCUT2D eigenvalue weighted by molar-refractivity contribution is 6.15. The van der Waals surface area contributed by atoms with Crippen molar-refractivity contribution >= 4 is 23.6 Å². The number of methoxy groups -OCH3 is 1. The van der Waals surface area contributed by atoms with Crippen molar-refractivity contribution < 1.29 is 14.3 Å². The highest BCUT2D eigenvalue weighted by atomic mass is 16.5. The summed E-state index contributed by atoms with van der Waals surface area (Å²) in [6, 6.07) is 17.3. The second-order valence-electron chi connectivity index (χ2n) is 7.73. The number of hydrogen-bond acceptors (Lipinski definition) is 3. The lowest BCUT2D eigenvalue weighted by atomic mass is 9.80. The molecule has 29 heavy (non-hydrogen) atoms. The third-order valence-corrected chi connectivity index (χ3v) is 5.83. The summed E-state index contributed by atoms with van der Waals surface area (Å²) in [5, 5.41) is 3.19. The highest BCUT2D eigenvalue weighted by Gasteiger charge is 2.56. The molecule has 2 aromatic rings. The molecule has 1 saturated carbocycles. The van der Waals surface area contributed by atoms with Crippen molar-refractivity contribution in [1.82, 2.24) is 5.32 Å². The minimum absolute atomic E-state index is 0.0607. The number of nitrogens with zero attached hydrogens (tertiary/aromatic N) is 1. The number of β-lactam (4-membered cyclic amide) rings is 1. The topological polar surface area (TPSA) is 58.6 Å². The van der Waals surface area contributed by atoms with Crippen molar-refractivity contribution in [3.63, 3.8) is 0 Å². The lowest BCUT2D eigenvalue weighted by Gasteiger charge is -2.49. The van der Waals surface area contributed by atoms with Gasteiger partial charge in [0.2, 0.25) is 5.91 Å². The first-order valence-corrected chi connectivity index (χ1v) is 10.1. The minimum Gasteiger partial charge on any atom is -0.497 e. The molecule has 1 atom stereocenters. The zero-order valence-electron chi connectivity index (χ0n) is 16.6. The number of carbonyl (C=O) groups is 2. The molecule has 5 nitrogen and oxygen atoms in total. The summed E-state index contributed by atoms with van der Waals surface area (Å²) in [5.41, 5.74) is 0.681. The molecule has 2 aliphatic rings. The predicted molar refractivity (Wildman–Crippen MR) is 114 cm³/mol. The van der Waals surface area contributed by atoms with Crippen LogP contribution < -0.4 is 15.0 Å². The summed E-state index contributed by atoms with van der Waals surface area (Å²) in [5.74, 6) is 0.545. The Hall–Kier alpha value is -3.08. The van der Waals surface area contributed by atoms with Gasteiger partial charge in [-0.05, 0) is 48.7 Å². The van der Waals surface area contributed by atoms with Crippen molar-refractivity contribution in [2.24, 2.45) is 0 Å². The van der Waals surface area contributed by atoms with E-state index >= 15 is 0 Å². The Balaban J connectivity index is 1.67. The second kappa shape index (κ2) is 8.11. The first-order chi connectivity index (χ1) is 14.1. The van der Waals surface area contributed by atoms with E-state index in [-0.39, 0.29) is 24.3 Å². The number of benzene rings is 2. The van der Waals surface area contributed by atoms with Crippen LogP contribution in [0.4, 0.5) is 5.69 Å². The van der Waals surface area contributed by atoms with Gasteiger partial charge in [0.05, 0.1) is 13.5 Å². The maximum absolute atomic E-state index is 13.4. The number of amides is 2. The van der Waals surface area contributed by atoms with Crippen LogP contribution in [-0.2, 0) is 9.59 Å². The van der Waals surface area contributed by atoms with Gasteiger partial charge in [-0.1, -0.05) is 49.2 Å². The molecule has 2 fully saturated rings. The zero-order valence-corrected chi connectivity index (χ0v) is 16.6. The Labute approximate surface area is 171 Å². The van der Waals surface area contributed by atoms with Crippen LogP contribution in [0.25, 0.3) is 6.08 Å². The van der Waals surface area contributed by atoms with E-state index in [0.717, 1.165) is 31.2 Å². The van der Waals surface area contributed by atoms with E-state index in [1.807, 2.05) is 66.7 Å². The first kappa shape index (κ1) is 19.2. The van der Waals surface area contributed by atoms with Gasteiger partial charge >= 0.3 is 0 Å². The quantitative estimate of drug-likeness (QED) is 0.760. The van der Waals surface area contributed by atoms with Crippen LogP contribution in [0.15, 0.2) is 60.7 Å². The number of ether oxygens (including phenoxy) is 1. The Morgan fingerprint density at radius 2 is 1.79 bits per heavy atom. The molecule has 1 N–H and O–H groups in total. The maximum Gasteiger partial charge on any atom is 0.251 e. The predicted octanol–water partition coefficient (Wildman–Crippen LogP) is 3.94. The standard InChI is InChI=1S/C24H26N2O3/c1-29-21-13-11-20(12-14-21)26-22(27)17-24(26,16-15-18-7-3-2-4-8-18)23(28)25-19-9-5-6-10-19/h2-4,7-8,11-16,19H,5-6,9-10,17H2,1H3,(H,25,28). The smallest absolute Gasteiger partial charge is 0.251 e. The van der Waals surface area contributed by atoms with Crippen molar-refractivity contribution in [2.45, 2.75) is 43.7 Å². The molecule has 1 aliphatic carbocycles. The molecule has 0 radical (unpaired) electrons. The summed E-state index contributed by atoms with van der Waals surface area (Å²) in [6.45, 7) is 0. The van der Waals surface area contributed by atoms with Gasteiger partial charge in [0.25, 0.3) is 5.91 Å². The Kier molecular flexibility index (Phi) is 5.38. The second-order valence-corrected chi connectivity index (χ2v) is 7.73. The number of hydrogen-bond donors (Lipinski definition) is 1. The Morgan fingerprint density at radius 3 is 2.41 bits per heavy atom. The van der Waals surface area contributed by atoms with E-state index < -0.39 is 5.54 Å². The molecule has 1 saturated heterocycles. The van der Waals surface area contributed by atoms with Crippen LogP contribution >= 0.6 is 0 Å². The molecular weight excluding hydrogens is 364 g/mol. The largest absolute Gasteiger partial charge is 0.497 e. The van der Waals surface area contributed by atoms with E-state index in [1.165, 1.54) is 0 Å². The lowest BCUT2D eigenvalue weighted by molar-refractivity contribution is -0.137. The first-order valence-electron chi connectivity index (χ1n) is 10.1. The molecule has 5 heteroatoms. The number of rotatable bonds is 6. The summed E-state index contributed by atoms with van der Waals surface area (Å²) >= 11 is 0. The number of anilines is 1. The van der Waals surface area contributed by atoms with Gasteiger partial charge in [0.15, 0.2) is 5.54 Å². The van der Waals surface area contributed by atoms with Crippen LogP contribution in [0.1, 0.15) is 37.7 Å². The lowest BCUT2D eigenvalue weighted by Crippen LogP contribution is -2.70. The third-order valence-electron chi connectivity index (χ3n) is 5.83. The minimum atomic E-state index is -1.01. The van der Waals surface area contributed by atoms with Gasteiger partial charge in [-0.25, -0.2) is 0 Å². The molecule has 2 amide bonds. The summed E-state index contributed by atoms with van der Waals surface area (Å²) in [7, 11) is 1.60. The molecule has 1 unspecified atom stereocenters. The molecule has 2 aromatic carbocycles. The van der Waals surface area contributed by atoms with E-state index in [0.29, 0.717) is 11.4 Å². The van der Waals surface area contributed by atoms with Gasteiger partial charge in [-0.2, -0.15) is 0 Å². The molecule has 0 bridgehead atoms. The van der Waals surface area contributed by atoms with E-state index in [2.05, 4.69) is 5.32 Å². The molecule has 0 spiro atoms. The fraction of sp³-hybridized carbons (Fsp3) is 0.333. The third kappa shape index (κ3) is 3.77. The number of nitrogens with one attached hydrogen (secondary N) is 1. The van der Waals surface area contributed by atoms with Crippen LogP contribution in [0.3, 0.4) is 0 Å². The van der Waals surface area contributed by atoms with Crippen LogP contribution in [0.2, 0.25) is 0 Å². The van der Waals surface area contributed by atoms with E-state index in [4.69, 9.17) is 4.74 Å². The fourth-order valence-electron chi connectivity index (χ4n) is 4.20. The number of carbonyl (C=O) groups excluding carboxylic acids is 2. The van der Waals surface area contributed by atoms with Crippen LogP contribution in [-0.4, -0.2) is 30.5 Å². The van der Waals surface area contributed by atoms with E-state index in [1.54, 1.807) is 12.0 Å². The maximum atomic E-state index is 13.4. The summed E-state index contributed by atoms with van der Waals surface area (Å²) in [6.07, 6.45) is 8.25. The van der Waals surface area contributed by atoms with Gasteiger partial charge in [0, 0.05) is 11.7 Å². The monoisotopic (exact) mass is 390 g/mol. The van der Waals surface area contributed by atoms with Crippen molar-refractivity contribution in [2.75, 3.05) is 12.0 Å². The van der Waals surface area contributed by atoms with Crippen LogP contribution in [0.5, 0.6) is 5.75 Å². The van der Waals surface area contributed by atoms with Gasteiger partial charge < -0.3 is 10.1 Å². The SMILES string of the molecule is COc1ccc(N2C(=O)CC2(C=Cc2ccccc2)C(=O)NC2CCCC2)cc1. The van der Waals surface area contributed by atoms with Crippen LogP contribution in [0, 0.1) is 0 Å². The summed E-state index contributed by atoms with van der Waals surface area (Å²) < 4.78 is 5.22. The van der Waals surface area contributed by atoms with Crippen molar-refractivity contribution in [3.05, 3.63) is 66.2 Å². The molecule has 0 aromatic heterocycles. The molecule has 150 valence electrons. The average molecular weight is 390 g/mol. The molecule has 1 aliphatic heterocycles. The Morgan fingerprint density at radius 1 is 1.10 bits per heavy atom. The normalized spacial score (nSPS) is 22.0. The van der Waals surface area contributed by atoms with Gasteiger partial charge in [-0.15, -0.1) is 0 Å². The zero-order chi connectivity index (χ0) is 20.3.